The molecule has 0 saturated carbocycles. The molecule has 17 heavy (non-hydrogen) atoms. The van der Waals surface area contributed by atoms with E-state index < -0.39 is 0 Å². The first kappa shape index (κ1) is 14.5. The molecule has 1 unspecified atom stereocenters. The summed E-state index contributed by atoms with van der Waals surface area (Å²) < 4.78 is 0. The van der Waals surface area contributed by atoms with Crippen LogP contribution >= 0.6 is 11.8 Å². The van der Waals surface area contributed by atoms with Gasteiger partial charge < -0.3 is 5.32 Å². The first-order chi connectivity index (χ1) is 8.13. The standard InChI is InChI=1S/C14H24N2S/c1-5-12(4)17-14-13(7-6-8-16-14)10-15-9-11(2)3/h6-8,11-12,15H,5,9-10H2,1-4H3. The van der Waals surface area contributed by atoms with Gasteiger partial charge in [0.2, 0.25) is 0 Å². The predicted octanol–water partition coefficient (Wildman–Crippen LogP) is 3.72. The maximum Gasteiger partial charge on any atom is 0.101 e. The van der Waals surface area contributed by atoms with Gasteiger partial charge in [0.15, 0.2) is 0 Å². The highest BCUT2D eigenvalue weighted by Crippen LogP contribution is 2.25. The van der Waals surface area contributed by atoms with Crippen molar-refractivity contribution in [2.24, 2.45) is 5.92 Å². The average Bonchev–Trinajstić information content (AvgIpc) is 2.30. The molecule has 0 radical (unpaired) electrons. The van der Waals surface area contributed by atoms with Crippen LogP contribution in [0.25, 0.3) is 0 Å². The van der Waals surface area contributed by atoms with Crippen LogP contribution in [-0.2, 0) is 6.54 Å². The zero-order chi connectivity index (χ0) is 12.7. The molecular formula is C14H24N2S. The summed E-state index contributed by atoms with van der Waals surface area (Å²) >= 11 is 1.88. The van der Waals surface area contributed by atoms with Gasteiger partial charge in [0, 0.05) is 18.0 Å². The molecule has 0 amide bonds. The van der Waals surface area contributed by atoms with Gasteiger partial charge in [-0.15, -0.1) is 11.8 Å². The Morgan fingerprint density at radius 2 is 2.12 bits per heavy atom. The topological polar surface area (TPSA) is 24.9 Å². The summed E-state index contributed by atoms with van der Waals surface area (Å²) in [5.74, 6) is 0.692. The van der Waals surface area contributed by atoms with Crippen LogP contribution in [-0.4, -0.2) is 16.8 Å². The van der Waals surface area contributed by atoms with Crippen molar-refractivity contribution in [3.8, 4) is 0 Å². The van der Waals surface area contributed by atoms with E-state index in [2.05, 4.69) is 44.1 Å². The number of thioether (sulfide) groups is 1. The Morgan fingerprint density at radius 1 is 1.35 bits per heavy atom. The van der Waals surface area contributed by atoms with Gasteiger partial charge in [-0.3, -0.25) is 0 Å². The normalized spacial score (nSPS) is 13.0. The summed E-state index contributed by atoms with van der Waals surface area (Å²) in [5.41, 5.74) is 1.32. The van der Waals surface area contributed by atoms with Gasteiger partial charge in [0.25, 0.3) is 0 Å². The van der Waals surface area contributed by atoms with Crippen molar-refractivity contribution < 1.29 is 0 Å². The van der Waals surface area contributed by atoms with Crippen molar-refractivity contribution in [3.05, 3.63) is 23.9 Å². The maximum atomic E-state index is 4.49. The third kappa shape index (κ3) is 5.55. The van der Waals surface area contributed by atoms with Crippen LogP contribution in [0.4, 0.5) is 0 Å². The Hall–Kier alpha value is -0.540. The number of pyridine rings is 1. The lowest BCUT2D eigenvalue weighted by molar-refractivity contribution is 0.548. The first-order valence-corrected chi connectivity index (χ1v) is 7.32. The van der Waals surface area contributed by atoms with Crippen molar-refractivity contribution >= 4 is 11.8 Å². The molecule has 1 N–H and O–H groups in total. The Morgan fingerprint density at radius 3 is 2.76 bits per heavy atom. The fraction of sp³-hybridized carbons (Fsp3) is 0.643. The SMILES string of the molecule is CCC(C)Sc1ncccc1CNCC(C)C. The lowest BCUT2D eigenvalue weighted by Crippen LogP contribution is -2.19. The Bertz CT molecular complexity index is 326. The highest BCUT2D eigenvalue weighted by atomic mass is 32.2. The van der Waals surface area contributed by atoms with Gasteiger partial charge in [-0.2, -0.15) is 0 Å². The number of hydrogen-bond acceptors (Lipinski definition) is 3. The Balaban J connectivity index is 2.57. The average molecular weight is 252 g/mol. The monoisotopic (exact) mass is 252 g/mol. The molecule has 0 aliphatic carbocycles. The summed E-state index contributed by atoms with van der Waals surface area (Å²) in [7, 11) is 0. The molecular weight excluding hydrogens is 228 g/mol. The number of rotatable bonds is 7. The molecule has 1 aromatic heterocycles. The van der Waals surface area contributed by atoms with E-state index in [1.807, 2.05) is 24.0 Å². The number of aromatic nitrogens is 1. The van der Waals surface area contributed by atoms with Crippen molar-refractivity contribution in [2.45, 2.75) is 50.9 Å². The van der Waals surface area contributed by atoms with Gasteiger partial charge in [0.05, 0.1) is 0 Å². The maximum absolute atomic E-state index is 4.49. The molecule has 0 saturated heterocycles. The van der Waals surface area contributed by atoms with Crippen LogP contribution < -0.4 is 5.32 Å². The van der Waals surface area contributed by atoms with E-state index in [1.165, 1.54) is 17.0 Å². The minimum absolute atomic E-state index is 0.633. The highest BCUT2D eigenvalue weighted by molar-refractivity contribution is 7.99. The third-order valence-electron chi connectivity index (χ3n) is 2.61. The molecule has 3 heteroatoms. The van der Waals surface area contributed by atoms with Gasteiger partial charge in [-0.25, -0.2) is 4.98 Å². The van der Waals surface area contributed by atoms with Crippen LogP contribution in [0.5, 0.6) is 0 Å². The molecule has 1 atom stereocenters. The smallest absolute Gasteiger partial charge is 0.101 e. The molecule has 0 spiro atoms. The number of hydrogen-bond donors (Lipinski definition) is 1. The first-order valence-electron chi connectivity index (χ1n) is 6.44. The molecule has 0 aliphatic rings. The quantitative estimate of drug-likeness (QED) is 0.749. The van der Waals surface area contributed by atoms with Crippen molar-refractivity contribution in [1.82, 2.24) is 10.3 Å². The fourth-order valence-corrected chi connectivity index (χ4v) is 2.40. The zero-order valence-corrected chi connectivity index (χ0v) is 12.2. The molecule has 1 rings (SSSR count). The highest BCUT2D eigenvalue weighted by Gasteiger charge is 2.08. The van der Waals surface area contributed by atoms with E-state index in [0.717, 1.165) is 13.1 Å². The molecule has 0 aromatic carbocycles. The van der Waals surface area contributed by atoms with E-state index in [9.17, 15) is 0 Å². The molecule has 0 bridgehead atoms. The molecule has 2 nitrogen and oxygen atoms in total. The lowest BCUT2D eigenvalue weighted by Gasteiger charge is -2.13. The second-order valence-electron chi connectivity index (χ2n) is 4.83. The second kappa shape index (κ2) is 7.72. The zero-order valence-electron chi connectivity index (χ0n) is 11.4. The molecule has 0 aliphatic heterocycles. The lowest BCUT2D eigenvalue weighted by atomic mass is 10.2. The molecule has 96 valence electrons. The molecule has 0 fully saturated rings. The van der Waals surface area contributed by atoms with E-state index in [1.54, 1.807) is 0 Å². The Kier molecular flexibility index (Phi) is 6.60. The molecule has 1 aromatic rings. The summed E-state index contributed by atoms with van der Waals surface area (Å²) in [6.07, 6.45) is 3.07. The Labute approximate surface area is 110 Å². The van der Waals surface area contributed by atoms with E-state index in [-0.39, 0.29) is 0 Å². The largest absolute Gasteiger partial charge is 0.312 e. The van der Waals surface area contributed by atoms with Gasteiger partial charge in [-0.1, -0.05) is 33.8 Å². The van der Waals surface area contributed by atoms with Crippen LogP contribution in [0.2, 0.25) is 0 Å². The van der Waals surface area contributed by atoms with Gasteiger partial charge in [0.1, 0.15) is 5.03 Å². The number of nitrogens with one attached hydrogen (secondary N) is 1. The van der Waals surface area contributed by atoms with Crippen molar-refractivity contribution in [3.63, 3.8) is 0 Å². The van der Waals surface area contributed by atoms with E-state index >= 15 is 0 Å². The summed E-state index contributed by atoms with van der Waals surface area (Å²) in [5, 5.41) is 5.29. The van der Waals surface area contributed by atoms with Gasteiger partial charge in [-0.05, 0) is 30.5 Å². The van der Waals surface area contributed by atoms with Crippen LogP contribution in [0.1, 0.15) is 39.7 Å². The van der Waals surface area contributed by atoms with Gasteiger partial charge >= 0.3 is 0 Å². The minimum atomic E-state index is 0.633. The van der Waals surface area contributed by atoms with Crippen molar-refractivity contribution in [2.75, 3.05) is 6.54 Å². The molecule has 1 heterocycles. The summed E-state index contributed by atoms with van der Waals surface area (Å²) in [6, 6.07) is 4.19. The third-order valence-corrected chi connectivity index (χ3v) is 3.93. The number of nitrogens with zero attached hydrogens (tertiary/aromatic N) is 1. The van der Waals surface area contributed by atoms with E-state index in [4.69, 9.17) is 0 Å². The van der Waals surface area contributed by atoms with Crippen molar-refractivity contribution in [1.29, 1.82) is 0 Å². The van der Waals surface area contributed by atoms with E-state index in [0.29, 0.717) is 11.2 Å². The predicted molar refractivity (Wildman–Crippen MR) is 76.4 cm³/mol. The van der Waals surface area contributed by atoms with Crippen LogP contribution in [0.3, 0.4) is 0 Å². The summed E-state index contributed by atoms with van der Waals surface area (Å²) in [4.78, 5) is 4.49. The second-order valence-corrected chi connectivity index (χ2v) is 6.26. The van der Waals surface area contributed by atoms with Crippen LogP contribution in [0, 0.1) is 5.92 Å². The fourth-order valence-electron chi connectivity index (χ4n) is 1.43. The van der Waals surface area contributed by atoms with Crippen LogP contribution in [0.15, 0.2) is 23.4 Å². The summed E-state index contributed by atoms with van der Waals surface area (Å²) in [6.45, 7) is 10.9. The minimum Gasteiger partial charge on any atom is -0.312 e.